The van der Waals surface area contributed by atoms with Crippen molar-refractivity contribution < 1.29 is 4.39 Å². The smallest absolute Gasteiger partial charge is 0.124 e. The minimum Gasteiger partial charge on any atom is -0.307 e. The van der Waals surface area contributed by atoms with Crippen LogP contribution < -0.4 is 5.32 Å². The molecular formula is C17H23FIN. The van der Waals surface area contributed by atoms with E-state index in [2.05, 4.69) is 40.9 Å². The zero-order chi connectivity index (χ0) is 14.4. The van der Waals surface area contributed by atoms with Crippen LogP contribution in [0.25, 0.3) is 0 Å². The molecule has 0 spiro atoms. The predicted octanol–water partition coefficient (Wildman–Crippen LogP) is 5.36. The summed E-state index contributed by atoms with van der Waals surface area (Å²) >= 11 is 2.25. The van der Waals surface area contributed by atoms with Crippen LogP contribution in [-0.4, -0.2) is 6.54 Å². The molecule has 1 aromatic rings. The van der Waals surface area contributed by atoms with Crippen molar-refractivity contribution >= 4 is 22.6 Å². The van der Waals surface area contributed by atoms with Crippen molar-refractivity contribution in [2.75, 3.05) is 6.54 Å². The fourth-order valence-corrected chi connectivity index (χ4v) is 3.56. The first-order chi connectivity index (χ1) is 9.72. The third-order valence-electron chi connectivity index (χ3n) is 3.82. The Morgan fingerprint density at radius 2 is 2.15 bits per heavy atom. The van der Waals surface area contributed by atoms with E-state index < -0.39 is 0 Å². The van der Waals surface area contributed by atoms with Crippen molar-refractivity contribution in [1.82, 2.24) is 5.32 Å². The van der Waals surface area contributed by atoms with Gasteiger partial charge in [-0.3, -0.25) is 0 Å². The molecule has 0 saturated carbocycles. The zero-order valence-corrected chi connectivity index (χ0v) is 14.2. The maximum absolute atomic E-state index is 13.3. The number of benzene rings is 1. The molecule has 0 bridgehead atoms. The van der Waals surface area contributed by atoms with Crippen molar-refractivity contribution in [1.29, 1.82) is 0 Å². The van der Waals surface area contributed by atoms with E-state index in [1.165, 1.54) is 36.8 Å². The van der Waals surface area contributed by atoms with E-state index in [1.54, 1.807) is 12.1 Å². The summed E-state index contributed by atoms with van der Waals surface area (Å²) in [6, 6.07) is 5.40. The minimum absolute atomic E-state index is 0.151. The van der Waals surface area contributed by atoms with Crippen LogP contribution in [0.15, 0.2) is 29.8 Å². The van der Waals surface area contributed by atoms with Crippen LogP contribution in [0.2, 0.25) is 0 Å². The molecule has 0 amide bonds. The summed E-state index contributed by atoms with van der Waals surface area (Å²) < 4.78 is 14.3. The van der Waals surface area contributed by atoms with Crippen molar-refractivity contribution in [3.8, 4) is 0 Å². The van der Waals surface area contributed by atoms with Crippen molar-refractivity contribution in [3.05, 3.63) is 44.8 Å². The van der Waals surface area contributed by atoms with Crippen LogP contribution >= 0.6 is 22.6 Å². The van der Waals surface area contributed by atoms with Gasteiger partial charge in [-0.25, -0.2) is 4.39 Å². The highest BCUT2D eigenvalue weighted by Crippen LogP contribution is 2.32. The van der Waals surface area contributed by atoms with Crippen LogP contribution in [-0.2, 0) is 0 Å². The molecule has 3 heteroatoms. The molecule has 0 fully saturated rings. The van der Waals surface area contributed by atoms with E-state index >= 15 is 0 Å². The minimum atomic E-state index is -0.151. The first-order valence-electron chi connectivity index (χ1n) is 7.59. The van der Waals surface area contributed by atoms with Crippen molar-refractivity contribution in [2.24, 2.45) is 0 Å². The van der Waals surface area contributed by atoms with E-state index in [4.69, 9.17) is 0 Å². The normalized spacial score (nSPS) is 17.4. The molecule has 1 nitrogen and oxygen atoms in total. The highest BCUT2D eigenvalue weighted by Gasteiger charge is 2.19. The lowest BCUT2D eigenvalue weighted by atomic mass is 9.95. The van der Waals surface area contributed by atoms with E-state index in [0.29, 0.717) is 0 Å². The Labute approximate surface area is 135 Å². The highest BCUT2D eigenvalue weighted by atomic mass is 127. The van der Waals surface area contributed by atoms with Gasteiger partial charge >= 0.3 is 0 Å². The van der Waals surface area contributed by atoms with Crippen LogP contribution in [0, 0.1) is 9.39 Å². The van der Waals surface area contributed by atoms with Crippen molar-refractivity contribution in [3.63, 3.8) is 0 Å². The second kappa shape index (κ2) is 8.13. The Hall–Kier alpha value is -0.420. The number of nitrogens with one attached hydrogen (secondary N) is 1. The van der Waals surface area contributed by atoms with Crippen LogP contribution in [0.5, 0.6) is 0 Å². The summed E-state index contributed by atoms with van der Waals surface area (Å²) in [5.74, 6) is -0.151. The molecule has 0 heterocycles. The van der Waals surface area contributed by atoms with E-state index in [9.17, 15) is 4.39 Å². The lowest BCUT2D eigenvalue weighted by Gasteiger charge is -2.23. The highest BCUT2D eigenvalue weighted by molar-refractivity contribution is 14.1. The van der Waals surface area contributed by atoms with Gasteiger partial charge in [-0.05, 0) is 78.9 Å². The van der Waals surface area contributed by atoms with Gasteiger partial charge in [0.1, 0.15) is 5.82 Å². The first-order valence-corrected chi connectivity index (χ1v) is 8.67. The molecule has 1 N–H and O–H groups in total. The largest absolute Gasteiger partial charge is 0.307 e. The van der Waals surface area contributed by atoms with Gasteiger partial charge in [0.2, 0.25) is 0 Å². The first kappa shape index (κ1) is 16.0. The van der Waals surface area contributed by atoms with Gasteiger partial charge in [-0.15, -0.1) is 0 Å². The topological polar surface area (TPSA) is 12.0 Å². The van der Waals surface area contributed by atoms with E-state index in [-0.39, 0.29) is 11.9 Å². The van der Waals surface area contributed by atoms with Gasteiger partial charge in [-0.2, -0.15) is 0 Å². The zero-order valence-electron chi connectivity index (χ0n) is 12.1. The van der Waals surface area contributed by atoms with E-state index in [0.717, 1.165) is 23.0 Å². The SMILES string of the molecule is CCCNC(C1=CCCCCC1)c1ccc(F)cc1I. The van der Waals surface area contributed by atoms with Crippen molar-refractivity contribution in [2.45, 2.75) is 51.5 Å². The van der Waals surface area contributed by atoms with Gasteiger partial charge in [0.25, 0.3) is 0 Å². The fraction of sp³-hybridized carbons (Fsp3) is 0.529. The molecule has 1 aliphatic rings. The average molecular weight is 387 g/mol. The summed E-state index contributed by atoms with van der Waals surface area (Å²) in [7, 11) is 0. The van der Waals surface area contributed by atoms with Crippen LogP contribution in [0.3, 0.4) is 0 Å². The number of hydrogen-bond acceptors (Lipinski definition) is 1. The molecular weight excluding hydrogens is 364 g/mol. The average Bonchev–Trinajstić information content (AvgIpc) is 2.70. The molecule has 0 aromatic heterocycles. The summed E-state index contributed by atoms with van der Waals surface area (Å²) in [5, 5.41) is 3.65. The Bertz CT molecular complexity index is 470. The molecule has 20 heavy (non-hydrogen) atoms. The van der Waals surface area contributed by atoms with Gasteiger partial charge in [0.05, 0.1) is 6.04 Å². The lowest BCUT2D eigenvalue weighted by Crippen LogP contribution is -2.25. The fourth-order valence-electron chi connectivity index (χ4n) is 2.77. The molecule has 0 saturated heterocycles. The molecule has 110 valence electrons. The molecule has 0 radical (unpaired) electrons. The second-order valence-electron chi connectivity index (χ2n) is 5.43. The second-order valence-corrected chi connectivity index (χ2v) is 6.59. The molecule has 2 rings (SSSR count). The number of rotatable bonds is 5. The third-order valence-corrected chi connectivity index (χ3v) is 4.75. The molecule has 1 atom stereocenters. The van der Waals surface area contributed by atoms with Gasteiger partial charge in [-0.1, -0.05) is 31.1 Å². The predicted molar refractivity (Wildman–Crippen MR) is 91.3 cm³/mol. The summed E-state index contributed by atoms with van der Waals surface area (Å²) in [5.41, 5.74) is 2.70. The van der Waals surface area contributed by atoms with Gasteiger partial charge in [0.15, 0.2) is 0 Å². The number of allylic oxidation sites excluding steroid dienone is 1. The Morgan fingerprint density at radius 1 is 1.30 bits per heavy atom. The Kier molecular flexibility index (Phi) is 6.49. The third kappa shape index (κ3) is 4.29. The molecule has 1 unspecified atom stereocenters. The molecule has 0 aliphatic heterocycles. The Morgan fingerprint density at radius 3 is 2.90 bits per heavy atom. The summed E-state index contributed by atoms with van der Waals surface area (Å²) in [4.78, 5) is 0. The van der Waals surface area contributed by atoms with E-state index in [1.807, 2.05) is 6.07 Å². The quantitative estimate of drug-likeness (QED) is 0.530. The monoisotopic (exact) mass is 387 g/mol. The maximum atomic E-state index is 13.3. The summed E-state index contributed by atoms with van der Waals surface area (Å²) in [6.07, 6.45) is 9.74. The van der Waals surface area contributed by atoms with Crippen LogP contribution in [0.4, 0.5) is 4.39 Å². The Balaban J connectivity index is 2.28. The number of hydrogen-bond donors (Lipinski definition) is 1. The molecule has 1 aliphatic carbocycles. The van der Waals surface area contributed by atoms with Gasteiger partial charge < -0.3 is 5.32 Å². The number of halogens is 2. The van der Waals surface area contributed by atoms with Gasteiger partial charge in [0, 0.05) is 3.57 Å². The standard InChI is InChI=1S/C17H23FIN/c1-2-11-20-17(13-7-5-3-4-6-8-13)15-10-9-14(18)12-16(15)19/h7,9-10,12,17,20H,2-6,8,11H2,1H3. The lowest BCUT2D eigenvalue weighted by molar-refractivity contribution is 0.562. The molecule has 1 aromatic carbocycles. The maximum Gasteiger partial charge on any atom is 0.124 e. The summed E-state index contributed by atoms with van der Waals surface area (Å²) in [6.45, 7) is 3.18. The van der Waals surface area contributed by atoms with Crippen LogP contribution in [0.1, 0.15) is 57.1 Å².